The molecule has 0 aliphatic carbocycles. The average Bonchev–Trinajstić information content (AvgIpc) is 3.28. The van der Waals surface area contributed by atoms with Crippen LogP contribution in [0.25, 0.3) is 0 Å². The van der Waals surface area contributed by atoms with Crippen LogP contribution in [0.5, 0.6) is 5.75 Å². The molecule has 3 aromatic rings. The molecule has 29 heavy (non-hydrogen) atoms. The van der Waals surface area contributed by atoms with Crippen molar-refractivity contribution in [2.24, 2.45) is 0 Å². The van der Waals surface area contributed by atoms with Gasteiger partial charge in [-0.2, -0.15) is 5.10 Å². The number of aromatic amines is 1. The standard InChI is InChI=1S/C22H28N4O3/c1-22(2,3)15-6-8-17(9-7-15)28-14-18-10-11-19(29-18)21(27)23-20-12-16(24-25-20)13-26(4)5/h6-12H,13-14H2,1-5H3,(H2,23,24,25,27). The van der Waals surface area contributed by atoms with Gasteiger partial charge in [0.15, 0.2) is 11.6 Å². The molecular formula is C22H28N4O3. The van der Waals surface area contributed by atoms with E-state index in [4.69, 9.17) is 9.15 Å². The molecule has 0 saturated carbocycles. The van der Waals surface area contributed by atoms with Crippen molar-refractivity contribution in [1.82, 2.24) is 15.1 Å². The number of hydrogen-bond acceptors (Lipinski definition) is 5. The van der Waals surface area contributed by atoms with Crippen LogP contribution in [0.1, 0.15) is 48.3 Å². The highest BCUT2D eigenvalue weighted by atomic mass is 16.5. The Kier molecular flexibility index (Phi) is 6.08. The van der Waals surface area contributed by atoms with Gasteiger partial charge in [-0.1, -0.05) is 32.9 Å². The Hall–Kier alpha value is -3.06. The second-order valence-corrected chi connectivity index (χ2v) is 8.30. The van der Waals surface area contributed by atoms with Crippen LogP contribution in [0.15, 0.2) is 46.9 Å². The quantitative estimate of drug-likeness (QED) is 0.626. The number of hydrogen-bond donors (Lipinski definition) is 2. The summed E-state index contributed by atoms with van der Waals surface area (Å²) in [5, 5.41) is 9.71. The third-order valence-electron chi connectivity index (χ3n) is 4.35. The molecule has 1 amide bonds. The number of nitrogens with one attached hydrogen (secondary N) is 2. The lowest BCUT2D eigenvalue weighted by Gasteiger charge is -2.19. The summed E-state index contributed by atoms with van der Waals surface area (Å²) in [5.41, 5.74) is 2.26. The van der Waals surface area contributed by atoms with E-state index in [1.165, 1.54) is 5.56 Å². The number of benzene rings is 1. The zero-order valence-electron chi connectivity index (χ0n) is 17.6. The Morgan fingerprint density at radius 2 is 1.90 bits per heavy atom. The van der Waals surface area contributed by atoms with Crippen molar-refractivity contribution in [3.8, 4) is 5.75 Å². The third-order valence-corrected chi connectivity index (χ3v) is 4.35. The number of nitrogens with zero attached hydrogens (tertiary/aromatic N) is 2. The summed E-state index contributed by atoms with van der Waals surface area (Å²) in [6, 6.07) is 13.2. The number of carbonyl (C=O) groups is 1. The van der Waals surface area contributed by atoms with Crippen LogP contribution < -0.4 is 10.1 Å². The highest BCUT2D eigenvalue weighted by Crippen LogP contribution is 2.24. The second-order valence-electron chi connectivity index (χ2n) is 8.30. The summed E-state index contributed by atoms with van der Waals surface area (Å²) >= 11 is 0. The van der Waals surface area contributed by atoms with Crippen LogP contribution in [0, 0.1) is 0 Å². The van der Waals surface area contributed by atoms with E-state index in [9.17, 15) is 4.79 Å². The molecule has 0 aliphatic rings. The van der Waals surface area contributed by atoms with Gasteiger partial charge in [-0.3, -0.25) is 9.89 Å². The molecule has 0 aliphatic heterocycles. The predicted molar refractivity (Wildman–Crippen MR) is 112 cm³/mol. The summed E-state index contributed by atoms with van der Waals surface area (Å²) in [4.78, 5) is 14.4. The van der Waals surface area contributed by atoms with Gasteiger partial charge in [-0.25, -0.2) is 0 Å². The lowest BCUT2D eigenvalue weighted by molar-refractivity contribution is 0.0992. The SMILES string of the molecule is CN(C)Cc1cc(NC(=O)c2ccc(COc3ccc(C(C)(C)C)cc3)o2)n[nH]1. The highest BCUT2D eigenvalue weighted by Gasteiger charge is 2.15. The van der Waals surface area contributed by atoms with Gasteiger partial charge < -0.3 is 19.4 Å². The minimum absolute atomic E-state index is 0.101. The van der Waals surface area contributed by atoms with E-state index in [1.54, 1.807) is 18.2 Å². The molecule has 2 aromatic heterocycles. The smallest absolute Gasteiger partial charge is 0.292 e. The molecule has 1 aromatic carbocycles. The van der Waals surface area contributed by atoms with Crippen molar-refractivity contribution < 1.29 is 13.9 Å². The largest absolute Gasteiger partial charge is 0.486 e. The van der Waals surface area contributed by atoms with Gasteiger partial charge in [0.2, 0.25) is 0 Å². The number of carbonyl (C=O) groups excluding carboxylic acids is 1. The minimum atomic E-state index is -0.353. The van der Waals surface area contributed by atoms with Crippen molar-refractivity contribution >= 4 is 11.7 Å². The van der Waals surface area contributed by atoms with Crippen LogP contribution in [-0.4, -0.2) is 35.1 Å². The Morgan fingerprint density at radius 1 is 1.17 bits per heavy atom. The third kappa shape index (κ3) is 5.71. The number of rotatable bonds is 7. The zero-order chi connectivity index (χ0) is 21.0. The van der Waals surface area contributed by atoms with Crippen molar-refractivity contribution in [2.75, 3.05) is 19.4 Å². The summed E-state index contributed by atoms with van der Waals surface area (Å²) in [6.45, 7) is 7.47. The van der Waals surface area contributed by atoms with Crippen LogP contribution >= 0.6 is 0 Å². The molecule has 154 valence electrons. The van der Waals surface area contributed by atoms with Crippen molar-refractivity contribution in [1.29, 1.82) is 0 Å². The number of amides is 1. The van der Waals surface area contributed by atoms with Gasteiger partial charge in [0.05, 0.1) is 5.69 Å². The van der Waals surface area contributed by atoms with Gasteiger partial charge >= 0.3 is 0 Å². The molecule has 0 fully saturated rings. The zero-order valence-corrected chi connectivity index (χ0v) is 17.6. The molecule has 0 unspecified atom stereocenters. The molecule has 2 N–H and O–H groups in total. The molecule has 0 bridgehead atoms. The molecule has 0 atom stereocenters. The molecular weight excluding hydrogens is 368 g/mol. The topological polar surface area (TPSA) is 83.4 Å². The Bertz CT molecular complexity index is 949. The fraction of sp³-hybridized carbons (Fsp3) is 0.364. The summed E-state index contributed by atoms with van der Waals surface area (Å²) < 4.78 is 11.4. The fourth-order valence-electron chi connectivity index (χ4n) is 2.81. The lowest BCUT2D eigenvalue weighted by Crippen LogP contribution is -2.11. The maximum Gasteiger partial charge on any atom is 0.292 e. The van der Waals surface area contributed by atoms with Crippen molar-refractivity contribution in [3.63, 3.8) is 0 Å². The first-order valence-electron chi connectivity index (χ1n) is 9.53. The van der Waals surface area contributed by atoms with E-state index in [0.717, 1.165) is 11.4 Å². The predicted octanol–water partition coefficient (Wildman–Crippen LogP) is 4.19. The Morgan fingerprint density at radius 3 is 2.55 bits per heavy atom. The number of aromatic nitrogens is 2. The van der Waals surface area contributed by atoms with E-state index >= 15 is 0 Å². The van der Waals surface area contributed by atoms with Crippen LogP contribution in [0.3, 0.4) is 0 Å². The monoisotopic (exact) mass is 396 g/mol. The van der Waals surface area contributed by atoms with Gasteiger partial charge in [0.25, 0.3) is 5.91 Å². The van der Waals surface area contributed by atoms with Gasteiger partial charge in [-0.05, 0) is 49.3 Å². The van der Waals surface area contributed by atoms with Gasteiger partial charge in [0.1, 0.15) is 18.1 Å². The summed E-state index contributed by atoms with van der Waals surface area (Å²) in [6.07, 6.45) is 0. The van der Waals surface area contributed by atoms with Crippen molar-refractivity contribution in [3.05, 3.63) is 65.2 Å². The molecule has 7 nitrogen and oxygen atoms in total. The number of ether oxygens (including phenoxy) is 1. The van der Waals surface area contributed by atoms with Crippen LogP contribution in [0.4, 0.5) is 5.82 Å². The second kappa shape index (κ2) is 8.53. The number of anilines is 1. The molecule has 7 heteroatoms. The summed E-state index contributed by atoms with van der Waals surface area (Å²) in [7, 11) is 3.93. The van der Waals surface area contributed by atoms with E-state index in [1.807, 2.05) is 31.1 Å². The fourth-order valence-corrected chi connectivity index (χ4v) is 2.81. The average molecular weight is 396 g/mol. The molecule has 0 saturated heterocycles. The maximum atomic E-state index is 12.4. The van der Waals surface area contributed by atoms with E-state index in [0.29, 0.717) is 18.1 Å². The van der Waals surface area contributed by atoms with Crippen molar-refractivity contribution in [2.45, 2.75) is 39.3 Å². The van der Waals surface area contributed by atoms with Gasteiger partial charge in [0, 0.05) is 12.6 Å². The minimum Gasteiger partial charge on any atom is -0.486 e. The van der Waals surface area contributed by atoms with Crippen LogP contribution in [0.2, 0.25) is 0 Å². The number of furan rings is 1. The molecule has 2 heterocycles. The highest BCUT2D eigenvalue weighted by molar-refractivity contribution is 6.01. The summed E-state index contributed by atoms with van der Waals surface area (Å²) in [5.74, 6) is 1.65. The van der Waals surface area contributed by atoms with E-state index < -0.39 is 0 Å². The van der Waals surface area contributed by atoms with Gasteiger partial charge in [-0.15, -0.1) is 0 Å². The first kappa shape index (κ1) is 20.7. The maximum absolute atomic E-state index is 12.4. The number of H-pyrrole nitrogens is 1. The molecule has 0 spiro atoms. The Balaban J connectivity index is 1.54. The first-order chi connectivity index (χ1) is 13.7. The lowest BCUT2D eigenvalue weighted by atomic mass is 9.87. The first-order valence-corrected chi connectivity index (χ1v) is 9.53. The Labute approximate surface area is 171 Å². The molecule has 0 radical (unpaired) electrons. The molecule has 3 rings (SSSR count). The van der Waals surface area contributed by atoms with E-state index in [2.05, 4.69) is 48.4 Å². The van der Waals surface area contributed by atoms with Crippen LogP contribution in [-0.2, 0) is 18.6 Å². The van der Waals surface area contributed by atoms with E-state index in [-0.39, 0.29) is 23.7 Å². The normalized spacial score (nSPS) is 11.7.